The van der Waals surface area contributed by atoms with Crippen LogP contribution in [0.15, 0.2) is 59.5 Å². The van der Waals surface area contributed by atoms with Crippen molar-refractivity contribution in [3.63, 3.8) is 0 Å². The van der Waals surface area contributed by atoms with Gasteiger partial charge in [0.25, 0.3) is 0 Å². The highest BCUT2D eigenvalue weighted by molar-refractivity contribution is 7.91. The lowest BCUT2D eigenvalue weighted by Gasteiger charge is -2.06. The second kappa shape index (κ2) is 7.70. The zero-order chi connectivity index (χ0) is 12.5. The molecule has 1 aromatic rings. The van der Waals surface area contributed by atoms with Crippen LogP contribution < -0.4 is 0 Å². The van der Waals surface area contributed by atoms with Gasteiger partial charge < -0.3 is 9.29 Å². The Bertz CT molecular complexity index is 398. The van der Waals surface area contributed by atoms with Crippen LogP contribution in [-0.4, -0.2) is 23.4 Å². The molecule has 90 valence electrons. The lowest BCUT2D eigenvalue weighted by atomic mass is 10.4. The molecule has 0 aliphatic carbocycles. The van der Waals surface area contributed by atoms with Crippen molar-refractivity contribution in [3.05, 3.63) is 54.6 Å². The van der Waals surface area contributed by atoms with Crippen molar-refractivity contribution in [2.75, 3.05) is 12.9 Å². The molecule has 0 bridgehead atoms. The van der Waals surface area contributed by atoms with E-state index >= 15 is 0 Å². The minimum Gasteiger partial charge on any atom is -0.611 e. The van der Waals surface area contributed by atoms with E-state index in [-0.39, 0.29) is 0 Å². The zero-order valence-electron chi connectivity index (χ0n) is 9.54. The average Bonchev–Trinajstić information content (AvgIpc) is 2.38. The number of allylic oxidation sites excluding steroid dienone is 2. The summed E-state index contributed by atoms with van der Waals surface area (Å²) in [6.45, 7) is 0. The molecule has 17 heavy (non-hydrogen) atoms. The topological polar surface area (TPSA) is 49.4 Å². The number of rotatable bonds is 5. The summed E-state index contributed by atoms with van der Waals surface area (Å²) in [5.74, 6) is 0.0223. The zero-order valence-corrected chi connectivity index (χ0v) is 10.4. The molecule has 0 radical (unpaired) electrons. The summed E-state index contributed by atoms with van der Waals surface area (Å²) in [5, 5.41) is 0. The maximum Gasteiger partial charge on any atom is 0.330 e. The third kappa shape index (κ3) is 5.38. The van der Waals surface area contributed by atoms with Crippen molar-refractivity contribution < 1.29 is 14.1 Å². The number of carbonyl (C=O) groups is 1. The molecule has 0 N–H and O–H groups in total. The molecular weight excluding hydrogens is 236 g/mol. The molecule has 0 saturated carbocycles. The Morgan fingerprint density at radius 2 is 2.06 bits per heavy atom. The predicted molar refractivity (Wildman–Crippen MR) is 68.0 cm³/mol. The van der Waals surface area contributed by atoms with Crippen molar-refractivity contribution in [2.45, 2.75) is 4.90 Å². The highest BCUT2D eigenvalue weighted by Gasteiger charge is 2.05. The first-order valence-electron chi connectivity index (χ1n) is 5.08. The quantitative estimate of drug-likeness (QED) is 0.348. The average molecular weight is 250 g/mol. The summed E-state index contributed by atoms with van der Waals surface area (Å²) in [4.78, 5) is 11.5. The molecule has 0 amide bonds. The Morgan fingerprint density at radius 3 is 2.71 bits per heavy atom. The molecule has 0 aliphatic heterocycles. The van der Waals surface area contributed by atoms with E-state index in [1.165, 1.54) is 13.2 Å². The summed E-state index contributed by atoms with van der Waals surface area (Å²) in [7, 11) is 1.32. The third-order valence-electron chi connectivity index (χ3n) is 1.93. The first-order valence-corrected chi connectivity index (χ1v) is 6.40. The second-order valence-corrected chi connectivity index (χ2v) is 4.63. The molecule has 0 spiro atoms. The van der Waals surface area contributed by atoms with Crippen LogP contribution in [0.4, 0.5) is 0 Å². The molecule has 1 atom stereocenters. The summed E-state index contributed by atoms with van der Waals surface area (Å²) in [6, 6.07) is 9.25. The van der Waals surface area contributed by atoms with Crippen molar-refractivity contribution in [1.29, 1.82) is 0 Å². The van der Waals surface area contributed by atoms with Crippen molar-refractivity contribution in [3.8, 4) is 0 Å². The van der Waals surface area contributed by atoms with E-state index in [2.05, 4.69) is 4.74 Å². The highest BCUT2D eigenvalue weighted by atomic mass is 32.2. The molecule has 1 unspecified atom stereocenters. The van der Waals surface area contributed by atoms with Crippen LogP contribution in [0.1, 0.15) is 0 Å². The van der Waals surface area contributed by atoms with Crippen LogP contribution in [0.3, 0.4) is 0 Å². The van der Waals surface area contributed by atoms with Gasteiger partial charge in [-0.25, -0.2) is 4.79 Å². The molecule has 4 heteroatoms. The number of benzene rings is 1. The fraction of sp³-hybridized carbons (Fsp3) is 0.154. The number of esters is 1. The normalized spacial score (nSPS) is 13.1. The van der Waals surface area contributed by atoms with E-state index in [0.717, 1.165) is 4.90 Å². The van der Waals surface area contributed by atoms with Gasteiger partial charge in [0, 0.05) is 6.08 Å². The maximum absolute atomic E-state index is 11.7. The summed E-state index contributed by atoms with van der Waals surface area (Å²) < 4.78 is 16.2. The fourth-order valence-electron chi connectivity index (χ4n) is 1.09. The molecular formula is C13H14O3S. The first kappa shape index (κ1) is 13.5. The summed E-state index contributed by atoms with van der Waals surface area (Å²) in [6.07, 6.45) is 6.30. The van der Waals surface area contributed by atoms with Gasteiger partial charge in [-0.15, -0.1) is 0 Å². The smallest absolute Gasteiger partial charge is 0.330 e. The monoisotopic (exact) mass is 250 g/mol. The van der Waals surface area contributed by atoms with Crippen LogP contribution in [-0.2, 0) is 20.7 Å². The van der Waals surface area contributed by atoms with Crippen LogP contribution in [0.25, 0.3) is 0 Å². The van der Waals surface area contributed by atoms with Crippen molar-refractivity contribution >= 4 is 17.1 Å². The minimum atomic E-state index is -1.04. The molecule has 0 fully saturated rings. The van der Waals surface area contributed by atoms with E-state index < -0.39 is 17.1 Å². The molecule has 0 heterocycles. The number of hydrogen-bond acceptors (Lipinski definition) is 3. The molecule has 0 saturated heterocycles. The summed E-state index contributed by atoms with van der Waals surface area (Å²) in [5.41, 5.74) is 0. The highest BCUT2D eigenvalue weighted by Crippen LogP contribution is 2.09. The van der Waals surface area contributed by atoms with Crippen LogP contribution in [0.5, 0.6) is 0 Å². The van der Waals surface area contributed by atoms with E-state index in [4.69, 9.17) is 0 Å². The van der Waals surface area contributed by atoms with Crippen LogP contribution in [0.2, 0.25) is 0 Å². The van der Waals surface area contributed by atoms with Gasteiger partial charge in [-0.1, -0.05) is 30.4 Å². The summed E-state index contributed by atoms with van der Waals surface area (Å²) >= 11 is -1.04. The Morgan fingerprint density at radius 1 is 1.35 bits per heavy atom. The SMILES string of the molecule is COC(=O)/C=C/C=C/C[S+]([O-])c1ccccc1. The second-order valence-electron chi connectivity index (χ2n) is 3.14. The van der Waals surface area contributed by atoms with Gasteiger partial charge in [0.2, 0.25) is 0 Å². The molecule has 0 aliphatic rings. The minimum absolute atomic E-state index is 0.404. The number of hydrogen-bond donors (Lipinski definition) is 0. The van der Waals surface area contributed by atoms with Crippen LogP contribution in [0, 0.1) is 0 Å². The number of ether oxygens (including phenoxy) is 1. The number of carbonyl (C=O) groups excluding carboxylic acids is 1. The largest absolute Gasteiger partial charge is 0.611 e. The third-order valence-corrected chi connectivity index (χ3v) is 3.23. The molecule has 1 rings (SSSR count). The van der Waals surface area contributed by atoms with Crippen molar-refractivity contribution in [2.24, 2.45) is 0 Å². The van der Waals surface area contributed by atoms with E-state index in [1.54, 1.807) is 18.2 Å². The standard InChI is InChI=1S/C13H14O3S/c1-16-13(14)10-6-3-7-11-17(15)12-8-4-2-5-9-12/h2-10H,11H2,1H3/b7-3+,10-6+. The first-order chi connectivity index (χ1) is 8.24. The molecule has 1 aromatic carbocycles. The Balaban J connectivity index is 2.38. The fourth-order valence-corrected chi connectivity index (χ4v) is 2.03. The van der Waals surface area contributed by atoms with E-state index in [9.17, 15) is 9.35 Å². The Hall–Kier alpha value is -1.52. The van der Waals surface area contributed by atoms with Gasteiger partial charge in [0.05, 0.1) is 7.11 Å². The van der Waals surface area contributed by atoms with Gasteiger partial charge >= 0.3 is 5.97 Å². The van der Waals surface area contributed by atoms with Crippen LogP contribution >= 0.6 is 0 Å². The Labute approximate surface area is 104 Å². The Kier molecular flexibility index (Phi) is 6.14. The van der Waals surface area contributed by atoms with Gasteiger partial charge in [-0.05, 0) is 29.4 Å². The lowest BCUT2D eigenvalue weighted by Crippen LogP contribution is -2.04. The van der Waals surface area contributed by atoms with Gasteiger partial charge in [0.1, 0.15) is 5.75 Å². The molecule has 3 nitrogen and oxygen atoms in total. The number of methoxy groups -OCH3 is 1. The van der Waals surface area contributed by atoms with Crippen molar-refractivity contribution in [1.82, 2.24) is 0 Å². The van der Waals surface area contributed by atoms with Gasteiger partial charge in [-0.2, -0.15) is 0 Å². The lowest BCUT2D eigenvalue weighted by molar-refractivity contribution is -0.134. The van der Waals surface area contributed by atoms with Gasteiger partial charge in [-0.3, -0.25) is 0 Å². The van der Waals surface area contributed by atoms with E-state index in [1.807, 2.05) is 30.3 Å². The van der Waals surface area contributed by atoms with Gasteiger partial charge in [0.15, 0.2) is 4.90 Å². The predicted octanol–water partition coefficient (Wildman–Crippen LogP) is 2.08. The molecule has 0 aromatic heterocycles. The maximum atomic E-state index is 11.7. The van der Waals surface area contributed by atoms with E-state index in [0.29, 0.717) is 5.75 Å².